The van der Waals surface area contributed by atoms with Crippen molar-refractivity contribution >= 4 is 39.5 Å². The van der Waals surface area contributed by atoms with E-state index < -0.39 is 97.5 Å². The number of aliphatic hydroxyl groups is 1. The lowest BCUT2D eigenvalue weighted by molar-refractivity contribution is -0.161. The molecular formula is C81H148O17P2. The molecule has 17 nitrogen and oxygen atoms in total. The van der Waals surface area contributed by atoms with E-state index in [1.54, 1.807) is 0 Å². The van der Waals surface area contributed by atoms with Gasteiger partial charge in [-0.15, -0.1) is 0 Å². The minimum atomic E-state index is -4.98. The van der Waals surface area contributed by atoms with Gasteiger partial charge in [0.15, 0.2) is 12.2 Å². The summed E-state index contributed by atoms with van der Waals surface area (Å²) in [5.74, 6) is -2.17. The number of phosphoric ester groups is 2. The van der Waals surface area contributed by atoms with Crippen LogP contribution in [-0.4, -0.2) is 96.7 Å². The summed E-state index contributed by atoms with van der Waals surface area (Å²) in [7, 11) is -9.94. The van der Waals surface area contributed by atoms with Crippen molar-refractivity contribution in [1.29, 1.82) is 0 Å². The van der Waals surface area contributed by atoms with Gasteiger partial charge in [-0.3, -0.25) is 37.3 Å². The zero-order chi connectivity index (χ0) is 73.2. The van der Waals surface area contributed by atoms with E-state index in [0.29, 0.717) is 25.7 Å². The predicted molar refractivity (Wildman–Crippen MR) is 409 cm³/mol. The zero-order valence-electron chi connectivity index (χ0n) is 63.9. The van der Waals surface area contributed by atoms with Gasteiger partial charge < -0.3 is 33.8 Å². The molecule has 100 heavy (non-hydrogen) atoms. The van der Waals surface area contributed by atoms with E-state index in [9.17, 15) is 43.2 Å². The largest absolute Gasteiger partial charge is 0.472 e. The Morgan fingerprint density at radius 3 is 0.790 bits per heavy atom. The summed E-state index contributed by atoms with van der Waals surface area (Å²) < 4.78 is 68.6. The highest BCUT2D eigenvalue weighted by Gasteiger charge is 2.30. The van der Waals surface area contributed by atoms with Crippen LogP contribution in [0.25, 0.3) is 0 Å². The summed E-state index contributed by atoms with van der Waals surface area (Å²) in [5, 5.41) is 10.6. The number of aliphatic hydroxyl groups excluding tert-OH is 1. The monoisotopic (exact) mass is 1460 g/mol. The molecule has 0 aromatic heterocycles. The lowest BCUT2D eigenvalue weighted by Crippen LogP contribution is -2.30. The van der Waals surface area contributed by atoms with Gasteiger partial charge in [0.1, 0.15) is 19.3 Å². The molecule has 0 aliphatic rings. The number of unbranched alkanes of at least 4 members (excludes halogenated alkanes) is 41. The molecule has 5 atom stereocenters. The Hall–Kier alpha value is -3.24. The SMILES string of the molecule is CCCCC/C=C\C/C=C\C/C=C\CCCCCCCCC(=O)OCC(COP(=O)(O)OCC(O)COP(=O)(O)OCC(COC(=O)CCCCCCC/C=C\CCCCCC)OC(=O)CCCCCCCCCCCCCCC)OC(=O)CCCCCCC/C=C\CCCCCCCC. The number of phosphoric acid groups is 2. The van der Waals surface area contributed by atoms with Crippen LogP contribution in [0, 0.1) is 0 Å². The van der Waals surface area contributed by atoms with Crippen LogP contribution in [0.3, 0.4) is 0 Å². The number of esters is 4. The number of allylic oxidation sites excluding steroid dienone is 10. The fourth-order valence-electron chi connectivity index (χ4n) is 11.2. The molecule has 0 bridgehead atoms. The van der Waals surface area contributed by atoms with Crippen molar-refractivity contribution in [3.8, 4) is 0 Å². The lowest BCUT2D eigenvalue weighted by Gasteiger charge is -2.21. The summed E-state index contributed by atoms with van der Waals surface area (Å²) in [4.78, 5) is 73.0. The highest BCUT2D eigenvalue weighted by Crippen LogP contribution is 2.45. The molecule has 0 heterocycles. The highest BCUT2D eigenvalue weighted by atomic mass is 31.2. The minimum absolute atomic E-state index is 0.0858. The molecule has 0 fully saturated rings. The Morgan fingerprint density at radius 2 is 0.490 bits per heavy atom. The van der Waals surface area contributed by atoms with Crippen molar-refractivity contribution in [3.63, 3.8) is 0 Å². The summed E-state index contributed by atoms with van der Waals surface area (Å²) >= 11 is 0. The van der Waals surface area contributed by atoms with Gasteiger partial charge in [0, 0.05) is 25.7 Å². The Kier molecular flexibility index (Phi) is 71.6. The molecule has 3 N–H and O–H groups in total. The van der Waals surface area contributed by atoms with Crippen LogP contribution in [0.2, 0.25) is 0 Å². The fourth-order valence-corrected chi connectivity index (χ4v) is 12.8. The van der Waals surface area contributed by atoms with Gasteiger partial charge in [0.25, 0.3) is 0 Å². The fraction of sp³-hybridized carbons (Fsp3) is 0.827. The molecule has 0 aliphatic carbocycles. The van der Waals surface area contributed by atoms with Crippen LogP contribution in [0.1, 0.15) is 374 Å². The first-order chi connectivity index (χ1) is 48.7. The van der Waals surface area contributed by atoms with Crippen LogP contribution in [0.15, 0.2) is 60.8 Å². The van der Waals surface area contributed by atoms with Crippen LogP contribution < -0.4 is 0 Å². The van der Waals surface area contributed by atoms with E-state index in [-0.39, 0.29) is 25.7 Å². The minimum Gasteiger partial charge on any atom is -0.462 e. The molecule has 5 unspecified atom stereocenters. The number of carbonyl (C=O) groups is 4. The van der Waals surface area contributed by atoms with Crippen molar-refractivity contribution in [2.24, 2.45) is 0 Å². The van der Waals surface area contributed by atoms with Crippen molar-refractivity contribution in [2.45, 2.75) is 393 Å². The van der Waals surface area contributed by atoms with E-state index in [1.165, 1.54) is 135 Å². The number of hydrogen-bond acceptors (Lipinski definition) is 15. The molecule has 0 amide bonds. The van der Waals surface area contributed by atoms with Crippen molar-refractivity contribution in [2.75, 3.05) is 39.6 Å². The second-order valence-electron chi connectivity index (χ2n) is 27.4. The molecule has 0 spiro atoms. The zero-order valence-corrected chi connectivity index (χ0v) is 65.7. The second kappa shape index (κ2) is 74.0. The van der Waals surface area contributed by atoms with Gasteiger partial charge in [-0.25, -0.2) is 9.13 Å². The van der Waals surface area contributed by atoms with Crippen molar-refractivity contribution < 1.29 is 80.2 Å². The smallest absolute Gasteiger partial charge is 0.462 e. The summed E-state index contributed by atoms with van der Waals surface area (Å²) in [5.41, 5.74) is 0. The van der Waals surface area contributed by atoms with Gasteiger partial charge in [-0.1, -0.05) is 294 Å². The van der Waals surface area contributed by atoms with Gasteiger partial charge in [0.2, 0.25) is 0 Å². The molecule has 19 heteroatoms. The number of hydrogen-bond donors (Lipinski definition) is 3. The van der Waals surface area contributed by atoms with Gasteiger partial charge >= 0.3 is 39.5 Å². The third-order valence-corrected chi connectivity index (χ3v) is 19.4. The topological polar surface area (TPSA) is 237 Å². The Balaban J connectivity index is 5.32. The molecule has 0 aromatic carbocycles. The van der Waals surface area contributed by atoms with Crippen LogP contribution in [-0.2, 0) is 65.4 Å². The number of rotatable bonds is 77. The van der Waals surface area contributed by atoms with Crippen LogP contribution >= 0.6 is 15.6 Å². The standard InChI is InChI=1S/C81H148O17P2/c1-5-9-13-17-21-25-29-33-35-36-37-38-40-43-46-50-54-58-62-66-79(84)92-72-77(98-81(86)68-64-60-56-52-48-44-39-34-30-26-22-18-14-10-6-2)74-96-100(89,90)94-70-75(82)69-93-99(87,88)95-73-76(97-80(85)67-63-59-55-51-47-42-32-28-24-20-16-12-8-4)71-91-78(83)65-61-57-53-49-45-41-31-27-23-19-15-11-7-3/h21,25,27,31,33-35,37-39,75-77,82H,5-20,22-24,26,28-30,32,36,40-74H2,1-4H3,(H,87,88)(H,89,90)/b25-21-,31-27-,35-33-,38-37-,39-34-. The average molecular weight is 1460 g/mol. The quantitative estimate of drug-likeness (QED) is 0.0169. The summed E-state index contributed by atoms with van der Waals surface area (Å²) in [6.07, 6.45) is 73.3. The molecule has 0 saturated heterocycles. The normalized spacial score (nSPS) is 14.2. The van der Waals surface area contributed by atoms with E-state index in [4.69, 9.17) is 37.0 Å². The highest BCUT2D eigenvalue weighted by molar-refractivity contribution is 7.47. The van der Waals surface area contributed by atoms with Gasteiger partial charge in [-0.05, 0) is 116 Å². The lowest BCUT2D eigenvalue weighted by atomic mass is 10.0. The first-order valence-electron chi connectivity index (χ1n) is 40.5. The molecule has 584 valence electrons. The maximum Gasteiger partial charge on any atom is 0.472 e. The van der Waals surface area contributed by atoms with Crippen LogP contribution in [0.4, 0.5) is 0 Å². The van der Waals surface area contributed by atoms with Gasteiger partial charge in [0.05, 0.1) is 26.4 Å². The molecule has 0 aromatic rings. The number of ether oxygens (including phenoxy) is 4. The maximum atomic E-state index is 13.1. The Labute approximate surface area is 610 Å². The van der Waals surface area contributed by atoms with E-state index >= 15 is 0 Å². The van der Waals surface area contributed by atoms with E-state index in [0.717, 1.165) is 161 Å². The molecule has 0 radical (unpaired) electrons. The van der Waals surface area contributed by atoms with E-state index in [2.05, 4.69) is 88.5 Å². The third kappa shape index (κ3) is 73.1. The first kappa shape index (κ1) is 96.8. The third-order valence-electron chi connectivity index (χ3n) is 17.5. The molecule has 0 aliphatic heterocycles. The first-order valence-corrected chi connectivity index (χ1v) is 43.5. The van der Waals surface area contributed by atoms with Crippen molar-refractivity contribution in [1.82, 2.24) is 0 Å². The predicted octanol–water partition coefficient (Wildman–Crippen LogP) is 23.5. The summed E-state index contributed by atoms with van der Waals surface area (Å²) in [6, 6.07) is 0. The average Bonchev–Trinajstić information content (AvgIpc) is 0.946. The van der Waals surface area contributed by atoms with E-state index in [1.807, 2.05) is 0 Å². The summed E-state index contributed by atoms with van der Waals surface area (Å²) in [6.45, 7) is 4.87. The second-order valence-corrected chi connectivity index (χ2v) is 30.3. The number of carbonyl (C=O) groups excluding carboxylic acids is 4. The Morgan fingerprint density at radius 1 is 0.280 bits per heavy atom. The van der Waals surface area contributed by atoms with Gasteiger partial charge in [-0.2, -0.15) is 0 Å². The Bertz CT molecular complexity index is 2130. The van der Waals surface area contributed by atoms with Crippen LogP contribution in [0.5, 0.6) is 0 Å². The molecule has 0 rings (SSSR count). The van der Waals surface area contributed by atoms with Crippen molar-refractivity contribution in [3.05, 3.63) is 60.8 Å². The molecule has 0 saturated carbocycles. The maximum absolute atomic E-state index is 13.1. The molecular weight excluding hydrogens is 1310 g/mol.